The van der Waals surface area contributed by atoms with E-state index in [9.17, 15) is 9.59 Å². The van der Waals surface area contributed by atoms with Crippen LogP contribution in [-0.2, 0) is 9.53 Å². The monoisotopic (exact) mass is 298 g/mol. The molecule has 0 aromatic rings. The Balaban J connectivity index is 1.85. The van der Waals surface area contributed by atoms with Crippen molar-refractivity contribution in [2.45, 2.75) is 51.2 Å². The van der Waals surface area contributed by atoms with Gasteiger partial charge in [0.15, 0.2) is 0 Å². The number of amides is 2. The van der Waals surface area contributed by atoms with E-state index in [-0.39, 0.29) is 24.1 Å². The van der Waals surface area contributed by atoms with E-state index in [1.807, 2.05) is 6.92 Å². The molecule has 3 atom stereocenters. The van der Waals surface area contributed by atoms with Crippen LogP contribution in [0, 0.1) is 5.92 Å². The van der Waals surface area contributed by atoms with Crippen molar-refractivity contribution in [3.05, 3.63) is 0 Å². The van der Waals surface area contributed by atoms with Crippen molar-refractivity contribution in [1.29, 1.82) is 0 Å². The van der Waals surface area contributed by atoms with E-state index >= 15 is 0 Å². The summed E-state index contributed by atoms with van der Waals surface area (Å²) < 4.78 is 5.67. The number of likely N-dealkylation sites (tertiary alicyclic amines) is 1. The molecule has 0 aromatic heterocycles. The molecule has 0 bridgehead atoms. The molecule has 0 radical (unpaired) electrons. The molecule has 2 aliphatic rings. The van der Waals surface area contributed by atoms with Gasteiger partial charge < -0.3 is 19.6 Å². The molecule has 2 amide bonds. The van der Waals surface area contributed by atoms with E-state index in [1.165, 1.54) is 0 Å². The third-order valence-corrected chi connectivity index (χ3v) is 4.55. The molecule has 21 heavy (non-hydrogen) atoms. The van der Waals surface area contributed by atoms with Gasteiger partial charge in [-0.15, -0.1) is 0 Å². The summed E-state index contributed by atoms with van der Waals surface area (Å²) >= 11 is 0. The molecule has 120 valence electrons. The summed E-state index contributed by atoms with van der Waals surface area (Å²) in [5.74, 6) is -1.08. The summed E-state index contributed by atoms with van der Waals surface area (Å²) in [7, 11) is 1.80. The van der Waals surface area contributed by atoms with Crippen LogP contribution in [0.4, 0.5) is 4.79 Å². The van der Waals surface area contributed by atoms with Crippen LogP contribution >= 0.6 is 0 Å². The Kier molecular flexibility index (Phi) is 5.45. The fraction of sp³-hybridized carbons (Fsp3) is 0.867. The number of carboxylic acids is 1. The van der Waals surface area contributed by atoms with E-state index in [4.69, 9.17) is 9.84 Å². The smallest absolute Gasteiger partial charge is 0.320 e. The summed E-state index contributed by atoms with van der Waals surface area (Å²) in [4.78, 5) is 27.1. The molecular weight excluding hydrogens is 272 g/mol. The highest BCUT2D eigenvalue weighted by molar-refractivity contribution is 5.75. The minimum atomic E-state index is -0.752. The maximum Gasteiger partial charge on any atom is 0.320 e. The minimum Gasteiger partial charge on any atom is -0.481 e. The third kappa shape index (κ3) is 4.09. The summed E-state index contributed by atoms with van der Waals surface area (Å²) in [5, 5.41) is 9.08. The number of nitrogens with zero attached hydrogens (tertiary/aromatic N) is 2. The van der Waals surface area contributed by atoms with Crippen molar-refractivity contribution in [3.8, 4) is 0 Å². The number of rotatable bonds is 3. The number of ether oxygens (including phenoxy) is 1. The lowest BCUT2D eigenvalue weighted by molar-refractivity contribution is -0.143. The number of piperidine rings is 1. The molecule has 6 nitrogen and oxygen atoms in total. The zero-order valence-electron chi connectivity index (χ0n) is 13.0. The molecule has 2 aliphatic heterocycles. The molecule has 0 spiro atoms. The van der Waals surface area contributed by atoms with Gasteiger partial charge in [-0.1, -0.05) is 0 Å². The first kappa shape index (κ1) is 16.1. The molecule has 0 saturated carbocycles. The van der Waals surface area contributed by atoms with Gasteiger partial charge in [-0.2, -0.15) is 0 Å². The van der Waals surface area contributed by atoms with Crippen LogP contribution < -0.4 is 0 Å². The van der Waals surface area contributed by atoms with Crippen LogP contribution in [0.1, 0.15) is 39.0 Å². The Morgan fingerprint density at radius 1 is 1.33 bits per heavy atom. The zero-order chi connectivity index (χ0) is 15.4. The van der Waals surface area contributed by atoms with E-state index in [1.54, 1.807) is 16.8 Å². The van der Waals surface area contributed by atoms with E-state index in [2.05, 4.69) is 0 Å². The fourth-order valence-corrected chi connectivity index (χ4v) is 3.23. The van der Waals surface area contributed by atoms with Gasteiger partial charge in [-0.25, -0.2) is 4.79 Å². The first-order valence-electron chi connectivity index (χ1n) is 7.85. The van der Waals surface area contributed by atoms with Crippen LogP contribution in [-0.4, -0.2) is 65.8 Å². The number of hydrogen-bond acceptors (Lipinski definition) is 3. The molecule has 1 N–H and O–H groups in total. The Hall–Kier alpha value is -1.30. The number of likely N-dealkylation sites (N-methyl/N-ethyl adjacent to an activating group) is 1. The van der Waals surface area contributed by atoms with Gasteiger partial charge in [-0.3, -0.25) is 4.79 Å². The van der Waals surface area contributed by atoms with Crippen molar-refractivity contribution in [3.63, 3.8) is 0 Å². The van der Waals surface area contributed by atoms with Crippen molar-refractivity contribution in [1.82, 2.24) is 9.80 Å². The lowest BCUT2D eigenvalue weighted by Gasteiger charge is -2.39. The van der Waals surface area contributed by atoms with Gasteiger partial charge in [0.1, 0.15) is 0 Å². The number of aliphatic carboxylic acids is 1. The molecule has 6 heteroatoms. The van der Waals surface area contributed by atoms with Crippen molar-refractivity contribution >= 4 is 12.0 Å². The van der Waals surface area contributed by atoms with Gasteiger partial charge in [-0.05, 0) is 39.0 Å². The average Bonchev–Trinajstić information content (AvgIpc) is 2.47. The Morgan fingerprint density at radius 2 is 2.10 bits per heavy atom. The molecule has 2 saturated heterocycles. The molecule has 2 rings (SSSR count). The zero-order valence-corrected chi connectivity index (χ0v) is 13.0. The van der Waals surface area contributed by atoms with Crippen molar-refractivity contribution in [2.75, 3.05) is 26.7 Å². The summed E-state index contributed by atoms with van der Waals surface area (Å²) in [6, 6.07) is -0.0393. The highest BCUT2D eigenvalue weighted by Crippen LogP contribution is 2.24. The van der Waals surface area contributed by atoms with Crippen molar-refractivity contribution < 1.29 is 19.4 Å². The Morgan fingerprint density at radius 3 is 2.67 bits per heavy atom. The molecule has 2 heterocycles. The second-order valence-electron chi connectivity index (χ2n) is 6.25. The quantitative estimate of drug-likeness (QED) is 0.862. The molecular formula is C15H26N2O4. The maximum absolute atomic E-state index is 12.5. The van der Waals surface area contributed by atoms with Gasteiger partial charge in [0.25, 0.3) is 0 Å². The van der Waals surface area contributed by atoms with E-state index in [0.717, 1.165) is 25.9 Å². The van der Waals surface area contributed by atoms with Gasteiger partial charge in [0, 0.05) is 32.8 Å². The normalized spacial score (nSPS) is 30.0. The lowest BCUT2D eigenvalue weighted by atomic mass is 9.92. The van der Waals surface area contributed by atoms with Crippen LogP contribution in [0.2, 0.25) is 0 Å². The standard InChI is InChI=1S/C15H26N2O4/c1-11-9-12(14(18)19)6-7-17(11)15(20)16(2)10-13-5-3-4-8-21-13/h11-13H,3-10H2,1-2H3,(H,18,19). The van der Waals surface area contributed by atoms with Crippen LogP contribution in [0.15, 0.2) is 0 Å². The summed E-state index contributed by atoms with van der Waals surface area (Å²) in [5.41, 5.74) is 0. The predicted molar refractivity (Wildman–Crippen MR) is 78.1 cm³/mol. The second-order valence-corrected chi connectivity index (χ2v) is 6.25. The minimum absolute atomic E-state index is 0.0134. The topological polar surface area (TPSA) is 70.1 Å². The first-order valence-corrected chi connectivity index (χ1v) is 7.85. The molecule has 3 unspecified atom stereocenters. The molecule has 2 fully saturated rings. The van der Waals surface area contributed by atoms with Crippen LogP contribution in [0.3, 0.4) is 0 Å². The highest BCUT2D eigenvalue weighted by Gasteiger charge is 2.33. The first-order chi connectivity index (χ1) is 9.99. The van der Waals surface area contributed by atoms with Crippen molar-refractivity contribution in [2.24, 2.45) is 5.92 Å². The number of carboxylic acid groups (broad SMARTS) is 1. The van der Waals surface area contributed by atoms with E-state index in [0.29, 0.717) is 25.9 Å². The predicted octanol–water partition coefficient (Wildman–Crippen LogP) is 1.79. The van der Waals surface area contributed by atoms with Gasteiger partial charge in [0.05, 0.1) is 12.0 Å². The lowest BCUT2D eigenvalue weighted by Crippen LogP contribution is -2.52. The Bertz CT molecular complexity index is 382. The number of carbonyl (C=O) groups excluding carboxylic acids is 1. The number of hydrogen-bond donors (Lipinski definition) is 1. The molecule has 0 aromatic carbocycles. The maximum atomic E-state index is 12.5. The van der Waals surface area contributed by atoms with Gasteiger partial charge in [0.2, 0.25) is 0 Å². The fourth-order valence-electron chi connectivity index (χ4n) is 3.23. The number of urea groups is 1. The Labute approximate surface area is 126 Å². The molecule has 0 aliphatic carbocycles. The number of carbonyl (C=O) groups is 2. The second kappa shape index (κ2) is 7.11. The highest BCUT2D eigenvalue weighted by atomic mass is 16.5. The van der Waals surface area contributed by atoms with Gasteiger partial charge >= 0.3 is 12.0 Å². The summed E-state index contributed by atoms with van der Waals surface area (Å²) in [6.07, 6.45) is 4.49. The average molecular weight is 298 g/mol. The van der Waals surface area contributed by atoms with E-state index < -0.39 is 5.97 Å². The van der Waals surface area contributed by atoms with Crippen LogP contribution in [0.25, 0.3) is 0 Å². The third-order valence-electron chi connectivity index (χ3n) is 4.55. The van der Waals surface area contributed by atoms with Crippen LogP contribution in [0.5, 0.6) is 0 Å². The largest absolute Gasteiger partial charge is 0.481 e. The summed E-state index contributed by atoms with van der Waals surface area (Å²) in [6.45, 7) is 3.85. The SMILES string of the molecule is CC1CC(C(=O)O)CCN1C(=O)N(C)CC1CCCCO1.